The maximum Gasteiger partial charge on any atom is 0.216 e. The smallest absolute Gasteiger partial charge is 0.216 e. The molecule has 0 atom stereocenters. The van der Waals surface area contributed by atoms with Crippen molar-refractivity contribution in [1.82, 2.24) is 14.9 Å². The van der Waals surface area contributed by atoms with Crippen LogP contribution in [0.2, 0.25) is 10.0 Å². The normalized spacial score (nSPS) is 11.0. The van der Waals surface area contributed by atoms with Crippen LogP contribution in [-0.4, -0.2) is 42.4 Å². The molecule has 1 aromatic heterocycles. The first-order valence-electron chi connectivity index (χ1n) is 7.95. The van der Waals surface area contributed by atoms with Gasteiger partial charge in [-0.25, -0.2) is 5.10 Å². The van der Waals surface area contributed by atoms with Crippen molar-refractivity contribution in [3.63, 3.8) is 0 Å². The summed E-state index contributed by atoms with van der Waals surface area (Å²) in [5.74, 6) is 1.92. The number of nitrogens with one attached hydrogen (secondary N) is 1. The molecule has 0 unspecified atom stereocenters. The Labute approximate surface area is 176 Å². The van der Waals surface area contributed by atoms with Gasteiger partial charge in [0.1, 0.15) is 0 Å². The van der Waals surface area contributed by atoms with E-state index in [9.17, 15) is 0 Å². The Bertz CT molecular complexity index is 1070. The summed E-state index contributed by atoms with van der Waals surface area (Å²) in [6.07, 6.45) is 1.57. The molecule has 0 amide bonds. The van der Waals surface area contributed by atoms with E-state index in [1.807, 2.05) is 0 Å². The van der Waals surface area contributed by atoms with Crippen molar-refractivity contribution < 1.29 is 14.2 Å². The van der Waals surface area contributed by atoms with Gasteiger partial charge in [-0.2, -0.15) is 14.9 Å². The molecule has 1 heterocycles. The summed E-state index contributed by atoms with van der Waals surface area (Å²) in [5, 5.41) is 12.4. The number of hydrogen-bond acceptors (Lipinski definition) is 6. The summed E-state index contributed by atoms with van der Waals surface area (Å²) >= 11 is 17.4. The van der Waals surface area contributed by atoms with Crippen molar-refractivity contribution in [3.8, 4) is 28.6 Å². The van der Waals surface area contributed by atoms with Crippen LogP contribution in [0.5, 0.6) is 17.2 Å². The van der Waals surface area contributed by atoms with E-state index in [4.69, 9.17) is 49.6 Å². The second-order valence-electron chi connectivity index (χ2n) is 5.49. The van der Waals surface area contributed by atoms with E-state index in [-0.39, 0.29) is 0 Å². The molecule has 10 heteroatoms. The van der Waals surface area contributed by atoms with Gasteiger partial charge in [-0.15, -0.1) is 0 Å². The monoisotopic (exact) mass is 438 g/mol. The lowest BCUT2D eigenvalue weighted by molar-refractivity contribution is 0.324. The van der Waals surface area contributed by atoms with Crippen molar-refractivity contribution >= 4 is 41.6 Å². The fourth-order valence-corrected chi connectivity index (χ4v) is 3.16. The van der Waals surface area contributed by atoms with Crippen LogP contribution < -0.4 is 14.2 Å². The molecule has 146 valence electrons. The minimum absolute atomic E-state index is 0.310. The number of nitrogens with zero attached hydrogens (tertiary/aromatic N) is 3. The molecule has 0 saturated heterocycles. The van der Waals surface area contributed by atoms with Crippen molar-refractivity contribution in [1.29, 1.82) is 0 Å². The Morgan fingerprint density at radius 1 is 1.07 bits per heavy atom. The van der Waals surface area contributed by atoms with Crippen LogP contribution in [0.25, 0.3) is 11.4 Å². The van der Waals surface area contributed by atoms with Crippen LogP contribution in [0.3, 0.4) is 0 Å². The Morgan fingerprint density at radius 3 is 2.32 bits per heavy atom. The van der Waals surface area contributed by atoms with E-state index in [1.54, 1.807) is 50.8 Å². The SMILES string of the molecule is COc1cc(-c2n[nH]c(=S)n2/N=C\c2ccc(Cl)cc2Cl)cc(OC)c1OC. The van der Waals surface area contributed by atoms with E-state index in [0.29, 0.717) is 49.0 Å². The van der Waals surface area contributed by atoms with Gasteiger partial charge in [0.25, 0.3) is 0 Å². The molecule has 0 aliphatic carbocycles. The van der Waals surface area contributed by atoms with E-state index < -0.39 is 0 Å². The first kappa shape index (κ1) is 20.2. The number of hydrogen-bond donors (Lipinski definition) is 1. The highest BCUT2D eigenvalue weighted by atomic mass is 35.5. The standard InChI is InChI=1S/C18H16Cl2N4O3S/c1-25-14-6-11(7-15(26-2)16(14)27-3)17-22-23-18(28)24(17)21-9-10-4-5-12(19)8-13(10)20/h4-9H,1-3H3,(H,23,28)/b21-9-. The van der Waals surface area contributed by atoms with Crippen LogP contribution in [0.1, 0.15) is 5.56 Å². The second-order valence-corrected chi connectivity index (χ2v) is 6.72. The van der Waals surface area contributed by atoms with Crippen molar-refractivity contribution in [2.75, 3.05) is 21.3 Å². The number of rotatable bonds is 6. The Balaban J connectivity index is 2.08. The van der Waals surface area contributed by atoms with Gasteiger partial charge in [-0.1, -0.05) is 29.3 Å². The molecule has 28 heavy (non-hydrogen) atoms. The number of halogens is 2. The third-order valence-electron chi connectivity index (χ3n) is 3.85. The fraction of sp³-hybridized carbons (Fsp3) is 0.167. The molecular weight excluding hydrogens is 423 g/mol. The molecule has 0 bridgehead atoms. The van der Waals surface area contributed by atoms with E-state index in [2.05, 4.69) is 15.3 Å². The third kappa shape index (κ3) is 3.99. The highest BCUT2D eigenvalue weighted by Crippen LogP contribution is 2.40. The number of methoxy groups -OCH3 is 3. The summed E-state index contributed by atoms with van der Waals surface area (Å²) in [6, 6.07) is 8.64. The summed E-state index contributed by atoms with van der Waals surface area (Å²) in [5.41, 5.74) is 1.35. The van der Waals surface area contributed by atoms with E-state index in [1.165, 1.54) is 11.8 Å². The highest BCUT2D eigenvalue weighted by molar-refractivity contribution is 7.71. The lowest BCUT2D eigenvalue weighted by Crippen LogP contribution is -1.99. The minimum Gasteiger partial charge on any atom is -0.493 e. The maximum atomic E-state index is 6.20. The van der Waals surface area contributed by atoms with Crippen molar-refractivity contribution in [3.05, 3.63) is 50.7 Å². The zero-order chi connectivity index (χ0) is 20.3. The zero-order valence-electron chi connectivity index (χ0n) is 15.2. The van der Waals surface area contributed by atoms with Gasteiger partial charge < -0.3 is 14.2 Å². The molecule has 0 aliphatic rings. The van der Waals surface area contributed by atoms with Gasteiger partial charge in [-0.05, 0) is 36.5 Å². The molecule has 0 radical (unpaired) electrons. The minimum atomic E-state index is 0.310. The fourth-order valence-electron chi connectivity index (χ4n) is 2.52. The number of ether oxygens (including phenoxy) is 3. The molecule has 1 N–H and O–H groups in total. The molecule has 0 aliphatic heterocycles. The highest BCUT2D eigenvalue weighted by Gasteiger charge is 2.17. The first-order valence-corrected chi connectivity index (χ1v) is 9.12. The van der Waals surface area contributed by atoms with Crippen LogP contribution in [-0.2, 0) is 0 Å². The average Bonchev–Trinajstić information content (AvgIpc) is 3.06. The molecule has 0 spiro atoms. The van der Waals surface area contributed by atoms with E-state index in [0.717, 1.165) is 0 Å². The van der Waals surface area contributed by atoms with Crippen molar-refractivity contribution in [2.24, 2.45) is 5.10 Å². The molecule has 0 fully saturated rings. The Hall–Kier alpha value is -2.55. The summed E-state index contributed by atoms with van der Waals surface area (Å²) < 4.78 is 17.9. The summed E-state index contributed by atoms with van der Waals surface area (Å²) in [6.45, 7) is 0. The van der Waals surface area contributed by atoms with Crippen molar-refractivity contribution in [2.45, 2.75) is 0 Å². The predicted molar refractivity (Wildman–Crippen MR) is 112 cm³/mol. The number of aromatic nitrogens is 3. The van der Waals surface area contributed by atoms with Crippen LogP contribution in [0.4, 0.5) is 0 Å². The third-order valence-corrected chi connectivity index (χ3v) is 4.67. The second kappa shape index (κ2) is 8.64. The molecule has 7 nitrogen and oxygen atoms in total. The molecule has 2 aromatic carbocycles. The molecule has 3 rings (SSSR count). The first-order chi connectivity index (χ1) is 13.5. The van der Waals surface area contributed by atoms with Gasteiger partial charge in [0, 0.05) is 16.1 Å². The topological polar surface area (TPSA) is 73.7 Å². The zero-order valence-corrected chi connectivity index (χ0v) is 17.5. The largest absolute Gasteiger partial charge is 0.493 e. The maximum absolute atomic E-state index is 6.20. The predicted octanol–water partition coefficient (Wildman–Crippen LogP) is 4.82. The summed E-state index contributed by atoms with van der Waals surface area (Å²) in [7, 11) is 4.62. The van der Waals surface area contributed by atoms with Crippen LogP contribution in [0.15, 0.2) is 35.4 Å². The van der Waals surface area contributed by atoms with Crippen LogP contribution in [0, 0.1) is 4.77 Å². The number of aromatic amines is 1. The van der Waals surface area contributed by atoms with Gasteiger partial charge in [-0.3, -0.25) is 0 Å². The Morgan fingerprint density at radius 2 is 1.75 bits per heavy atom. The lowest BCUT2D eigenvalue weighted by Gasteiger charge is -2.13. The van der Waals surface area contributed by atoms with E-state index >= 15 is 0 Å². The quantitative estimate of drug-likeness (QED) is 0.440. The lowest BCUT2D eigenvalue weighted by atomic mass is 10.1. The molecule has 3 aromatic rings. The molecule has 0 saturated carbocycles. The molecular formula is C18H16Cl2N4O3S. The average molecular weight is 439 g/mol. The van der Waals surface area contributed by atoms with Gasteiger partial charge in [0.2, 0.25) is 10.5 Å². The Kier molecular flexibility index (Phi) is 6.23. The number of benzene rings is 2. The number of H-pyrrole nitrogens is 1. The van der Waals surface area contributed by atoms with Gasteiger partial charge in [0.15, 0.2) is 17.3 Å². The summed E-state index contributed by atoms with van der Waals surface area (Å²) in [4.78, 5) is 0. The van der Waals surface area contributed by atoms with Gasteiger partial charge >= 0.3 is 0 Å². The van der Waals surface area contributed by atoms with Crippen LogP contribution >= 0.6 is 35.4 Å². The van der Waals surface area contributed by atoms with Gasteiger partial charge in [0.05, 0.1) is 32.6 Å².